The maximum Gasteiger partial charge on any atom is 0.293 e. The molecule has 0 aliphatic heterocycles. The summed E-state index contributed by atoms with van der Waals surface area (Å²) >= 11 is 0. The summed E-state index contributed by atoms with van der Waals surface area (Å²) in [5, 5.41) is 14.2. The third kappa shape index (κ3) is 2.34. The van der Waals surface area contributed by atoms with Crippen LogP contribution in [0.4, 0.5) is 11.4 Å². The van der Waals surface area contributed by atoms with Gasteiger partial charge in [0.15, 0.2) is 0 Å². The molecular formula is C20H20N2O3. The van der Waals surface area contributed by atoms with Crippen molar-refractivity contribution in [1.82, 2.24) is 0 Å². The summed E-state index contributed by atoms with van der Waals surface area (Å²) in [4.78, 5) is 22.7. The first-order chi connectivity index (χ1) is 12.0. The van der Waals surface area contributed by atoms with Crippen molar-refractivity contribution in [2.45, 2.75) is 44.4 Å². The number of hydrogen-bond donors (Lipinski definition) is 1. The second kappa shape index (κ2) is 5.69. The average Bonchev–Trinajstić information content (AvgIpc) is 2.85. The molecule has 1 fully saturated rings. The van der Waals surface area contributed by atoms with Crippen LogP contribution in [-0.4, -0.2) is 10.8 Å². The van der Waals surface area contributed by atoms with Crippen LogP contribution >= 0.6 is 0 Å². The minimum atomic E-state index is -0.417. The normalized spacial score (nSPS) is 17.0. The number of fused-ring (bicyclic) bond motifs is 5. The molecular weight excluding hydrogens is 316 g/mol. The molecule has 4 rings (SSSR count). The number of rotatable bonds is 2. The second-order valence-electron chi connectivity index (χ2n) is 7.04. The van der Waals surface area contributed by atoms with Crippen molar-refractivity contribution in [2.75, 3.05) is 5.32 Å². The molecule has 5 nitrogen and oxygen atoms in total. The van der Waals surface area contributed by atoms with Gasteiger partial charge < -0.3 is 5.32 Å². The first kappa shape index (κ1) is 15.8. The molecule has 5 heteroatoms. The van der Waals surface area contributed by atoms with Gasteiger partial charge >= 0.3 is 0 Å². The third-order valence-electron chi connectivity index (χ3n) is 5.60. The fourth-order valence-corrected chi connectivity index (χ4v) is 4.62. The predicted octanol–water partition coefficient (Wildman–Crippen LogP) is 4.78. The summed E-state index contributed by atoms with van der Waals surface area (Å²) in [6.07, 6.45) is 5.63. The summed E-state index contributed by atoms with van der Waals surface area (Å²) in [5.74, 6) is -0.295. The lowest BCUT2D eigenvalue weighted by Crippen LogP contribution is -2.28. The summed E-state index contributed by atoms with van der Waals surface area (Å²) in [7, 11) is 0. The van der Waals surface area contributed by atoms with Gasteiger partial charge in [0, 0.05) is 18.4 Å². The highest BCUT2D eigenvalue weighted by atomic mass is 16.6. The number of nitrogens with zero attached hydrogens (tertiary/aromatic N) is 1. The Bertz CT molecular complexity index is 883. The smallest absolute Gasteiger partial charge is 0.293 e. The van der Waals surface area contributed by atoms with E-state index in [4.69, 9.17) is 0 Å². The number of nitrogens with one attached hydrogen (secondary N) is 1. The van der Waals surface area contributed by atoms with E-state index in [0.29, 0.717) is 5.69 Å². The van der Waals surface area contributed by atoms with Crippen LogP contribution in [-0.2, 0) is 10.2 Å². The molecule has 0 unspecified atom stereocenters. The number of nitro benzene ring substituents is 1. The van der Waals surface area contributed by atoms with Crippen molar-refractivity contribution < 1.29 is 9.72 Å². The summed E-state index contributed by atoms with van der Waals surface area (Å²) < 4.78 is 0. The van der Waals surface area contributed by atoms with Gasteiger partial charge in [-0.2, -0.15) is 0 Å². The molecule has 2 aliphatic carbocycles. The molecule has 25 heavy (non-hydrogen) atoms. The number of amides is 1. The Kier molecular flexibility index (Phi) is 3.60. The minimum absolute atomic E-state index is 0.0448. The van der Waals surface area contributed by atoms with Crippen molar-refractivity contribution >= 4 is 17.3 Å². The number of carbonyl (C=O) groups is 1. The van der Waals surface area contributed by atoms with Gasteiger partial charge in [-0.05, 0) is 41.2 Å². The number of benzene rings is 2. The predicted molar refractivity (Wildman–Crippen MR) is 96.7 cm³/mol. The Morgan fingerprint density at radius 1 is 1.08 bits per heavy atom. The summed E-state index contributed by atoms with van der Waals surface area (Å²) in [5.41, 5.74) is 4.62. The molecule has 1 spiro atoms. The topological polar surface area (TPSA) is 72.2 Å². The zero-order valence-corrected chi connectivity index (χ0v) is 14.2. The van der Waals surface area contributed by atoms with Crippen molar-refractivity contribution in [1.29, 1.82) is 0 Å². The first-order valence-corrected chi connectivity index (χ1v) is 8.73. The van der Waals surface area contributed by atoms with E-state index in [2.05, 4.69) is 17.4 Å². The van der Waals surface area contributed by atoms with Crippen LogP contribution in [0.15, 0.2) is 36.4 Å². The highest BCUT2D eigenvalue weighted by molar-refractivity contribution is 5.94. The quantitative estimate of drug-likeness (QED) is 0.633. The van der Waals surface area contributed by atoms with E-state index in [-0.39, 0.29) is 17.0 Å². The zero-order chi connectivity index (χ0) is 17.6. The lowest BCUT2D eigenvalue weighted by molar-refractivity contribution is -0.383. The van der Waals surface area contributed by atoms with E-state index in [1.54, 1.807) is 6.07 Å². The molecule has 0 saturated heterocycles. The van der Waals surface area contributed by atoms with E-state index in [9.17, 15) is 14.9 Å². The van der Waals surface area contributed by atoms with Crippen molar-refractivity contribution in [2.24, 2.45) is 0 Å². The molecule has 2 aromatic carbocycles. The van der Waals surface area contributed by atoms with E-state index in [1.165, 1.54) is 18.9 Å². The number of hydrogen-bond acceptors (Lipinski definition) is 3. The number of carbonyl (C=O) groups excluding carboxylic acids is 1. The maximum absolute atomic E-state index is 11.5. The maximum atomic E-state index is 11.5. The molecule has 0 aromatic heterocycles. The van der Waals surface area contributed by atoms with Crippen molar-refractivity contribution in [3.8, 4) is 11.1 Å². The van der Waals surface area contributed by atoms with Gasteiger partial charge in [-0.25, -0.2) is 0 Å². The highest BCUT2D eigenvalue weighted by Gasteiger charge is 2.44. The van der Waals surface area contributed by atoms with Crippen LogP contribution in [0.3, 0.4) is 0 Å². The SMILES string of the molecule is CC(=O)Nc1cc2c(cc1[N+](=O)[O-])-c1ccccc1C21CCCCC1. The Labute approximate surface area is 146 Å². The van der Waals surface area contributed by atoms with Gasteiger partial charge in [0.1, 0.15) is 5.69 Å². The molecule has 2 aromatic rings. The second-order valence-corrected chi connectivity index (χ2v) is 7.04. The third-order valence-corrected chi connectivity index (χ3v) is 5.60. The van der Waals surface area contributed by atoms with E-state index in [1.807, 2.05) is 18.2 Å². The van der Waals surface area contributed by atoms with E-state index < -0.39 is 4.92 Å². The van der Waals surface area contributed by atoms with Gasteiger partial charge in [-0.3, -0.25) is 14.9 Å². The molecule has 1 N–H and O–H groups in total. The van der Waals surface area contributed by atoms with Crippen molar-refractivity contribution in [3.63, 3.8) is 0 Å². The first-order valence-electron chi connectivity index (χ1n) is 8.73. The largest absolute Gasteiger partial charge is 0.321 e. The van der Waals surface area contributed by atoms with E-state index >= 15 is 0 Å². The van der Waals surface area contributed by atoms with Gasteiger partial charge in [0.2, 0.25) is 5.91 Å². The number of anilines is 1. The standard InChI is InChI=1S/C20H20N2O3/c1-13(23)21-18-12-17-15(11-19(18)22(24)25)14-7-3-4-8-16(14)20(17)9-5-2-6-10-20/h3-4,7-8,11-12H,2,5-6,9-10H2,1H3,(H,21,23). The van der Waals surface area contributed by atoms with Crippen LogP contribution in [0.5, 0.6) is 0 Å². The number of nitro groups is 1. The van der Waals surface area contributed by atoms with E-state index in [0.717, 1.165) is 42.4 Å². The van der Waals surface area contributed by atoms with Crippen LogP contribution in [0.2, 0.25) is 0 Å². The van der Waals surface area contributed by atoms with Gasteiger partial charge in [0.05, 0.1) is 4.92 Å². The van der Waals surface area contributed by atoms with Gasteiger partial charge in [-0.1, -0.05) is 43.5 Å². The summed E-state index contributed by atoms with van der Waals surface area (Å²) in [6.45, 7) is 1.38. The summed E-state index contributed by atoms with van der Waals surface area (Å²) in [6, 6.07) is 11.7. The van der Waals surface area contributed by atoms with Crippen LogP contribution < -0.4 is 5.32 Å². The molecule has 1 saturated carbocycles. The fraction of sp³-hybridized carbons (Fsp3) is 0.350. The molecule has 0 bridgehead atoms. The molecule has 128 valence electrons. The van der Waals surface area contributed by atoms with Crippen LogP contribution in [0.1, 0.15) is 50.2 Å². The van der Waals surface area contributed by atoms with Gasteiger partial charge in [0.25, 0.3) is 5.69 Å². The van der Waals surface area contributed by atoms with Gasteiger partial charge in [-0.15, -0.1) is 0 Å². The lowest BCUT2D eigenvalue weighted by Gasteiger charge is -2.36. The average molecular weight is 336 g/mol. The molecule has 2 aliphatic rings. The molecule has 1 amide bonds. The van der Waals surface area contributed by atoms with Crippen LogP contribution in [0.25, 0.3) is 11.1 Å². The lowest BCUT2D eigenvalue weighted by atomic mass is 9.68. The Morgan fingerprint density at radius 3 is 2.48 bits per heavy atom. The monoisotopic (exact) mass is 336 g/mol. The Balaban J connectivity index is 1.99. The molecule has 0 atom stereocenters. The highest BCUT2D eigenvalue weighted by Crippen LogP contribution is 2.57. The minimum Gasteiger partial charge on any atom is -0.321 e. The Hall–Kier alpha value is -2.69. The fourth-order valence-electron chi connectivity index (χ4n) is 4.62. The molecule has 0 radical (unpaired) electrons. The Morgan fingerprint density at radius 2 is 1.80 bits per heavy atom. The zero-order valence-electron chi connectivity index (χ0n) is 14.2. The van der Waals surface area contributed by atoms with Crippen LogP contribution in [0, 0.1) is 10.1 Å². The molecule has 0 heterocycles. The van der Waals surface area contributed by atoms with Crippen molar-refractivity contribution in [3.05, 3.63) is 57.6 Å².